The zero-order valence-corrected chi connectivity index (χ0v) is 11.8. The summed E-state index contributed by atoms with van der Waals surface area (Å²) in [4.78, 5) is 10.7. The number of benzene rings is 1. The van der Waals surface area contributed by atoms with E-state index in [0.717, 1.165) is 0 Å². The maximum atomic E-state index is 12.9. The van der Waals surface area contributed by atoms with Crippen LogP contribution in [0.1, 0.15) is 38.4 Å². The van der Waals surface area contributed by atoms with Gasteiger partial charge in [0.25, 0.3) is 0 Å². The minimum absolute atomic E-state index is 0.0198. The van der Waals surface area contributed by atoms with E-state index in [9.17, 15) is 14.3 Å². The Bertz CT molecular complexity index is 420. The molecule has 5 heteroatoms. The normalized spacial score (nSPS) is 14.2. The molecule has 0 heterocycles. The van der Waals surface area contributed by atoms with Crippen LogP contribution in [0.15, 0.2) is 24.3 Å². The average molecular weight is 283 g/mol. The largest absolute Gasteiger partial charge is 0.481 e. The van der Waals surface area contributed by atoms with Crippen molar-refractivity contribution >= 4 is 5.97 Å². The molecule has 0 aliphatic rings. The lowest BCUT2D eigenvalue weighted by atomic mass is 9.97. The molecule has 0 saturated carbocycles. The monoisotopic (exact) mass is 283 g/mol. The number of halogens is 1. The molecule has 3 N–H and O–H groups in total. The first-order valence-corrected chi connectivity index (χ1v) is 6.79. The highest BCUT2D eigenvalue weighted by Crippen LogP contribution is 2.20. The van der Waals surface area contributed by atoms with Crippen molar-refractivity contribution in [2.45, 2.75) is 38.8 Å². The second-order valence-electron chi connectivity index (χ2n) is 5.34. The predicted octanol–water partition coefficient (Wildman–Crippen LogP) is 2.34. The lowest BCUT2D eigenvalue weighted by molar-refractivity contribution is -0.137. The van der Waals surface area contributed by atoms with Crippen molar-refractivity contribution in [1.82, 2.24) is 5.32 Å². The van der Waals surface area contributed by atoms with Crippen LogP contribution in [0.25, 0.3) is 0 Å². The molecule has 0 fully saturated rings. The highest BCUT2D eigenvalue weighted by atomic mass is 19.1. The molecule has 20 heavy (non-hydrogen) atoms. The highest BCUT2D eigenvalue weighted by molar-refractivity contribution is 5.66. The third-order valence-electron chi connectivity index (χ3n) is 3.05. The third-order valence-corrected chi connectivity index (χ3v) is 3.05. The van der Waals surface area contributed by atoms with E-state index < -0.39 is 12.1 Å². The van der Waals surface area contributed by atoms with Gasteiger partial charge in [-0.05, 0) is 36.6 Å². The zero-order chi connectivity index (χ0) is 15.1. The lowest BCUT2D eigenvalue weighted by Crippen LogP contribution is -2.37. The topological polar surface area (TPSA) is 69.6 Å². The van der Waals surface area contributed by atoms with Gasteiger partial charge in [-0.15, -0.1) is 0 Å². The summed E-state index contributed by atoms with van der Waals surface area (Å²) < 4.78 is 12.9. The molecule has 1 aromatic carbocycles. The molecule has 0 radical (unpaired) electrons. The second kappa shape index (κ2) is 7.97. The molecule has 2 unspecified atom stereocenters. The molecule has 1 aromatic rings. The van der Waals surface area contributed by atoms with Crippen molar-refractivity contribution in [1.29, 1.82) is 0 Å². The van der Waals surface area contributed by atoms with Crippen molar-refractivity contribution in [2.24, 2.45) is 5.92 Å². The fourth-order valence-electron chi connectivity index (χ4n) is 1.93. The highest BCUT2D eigenvalue weighted by Gasteiger charge is 2.21. The van der Waals surface area contributed by atoms with Crippen molar-refractivity contribution in [3.05, 3.63) is 35.6 Å². The molecular formula is C15H22FNO3. The van der Waals surface area contributed by atoms with Crippen LogP contribution in [-0.2, 0) is 4.79 Å². The fourth-order valence-corrected chi connectivity index (χ4v) is 1.93. The zero-order valence-electron chi connectivity index (χ0n) is 11.8. The van der Waals surface area contributed by atoms with Gasteiger partial charge >= 0.3 is 5.97 Å². The second-order valence-corrected chi connectivity index (χ2v) is 5.34. The van der Waals surface area contributed by atoms with E-state index in [2.05, 4.69) is 5.32 Å². The van der Waals surface area contributed by atoms with E-state index in [1.165, 1.54) is 24.3 Å². The van der Waals surface area contributed by atoms with Gasteiger partial charge in [-0.1, -0.05) is 26.0 Å². The van der Waals surface area contributed by atoms with Crippen molar-refractivity contribution < 1.29 is 19.4 Å². The first kappa shape index (κ1) is 16.6. The predicted molar refractivity (Wildman–Crippen MR) is 74.9 cm³/mol. The van der Waals surface area contributed by atoms with Crippen LogP contribution in [0.3, 0.4) is 0 Å². The van der Waals surface area contributed by atoms with Gasteiger partial charge in [0, 0.05) is 12.5 Å². The van der Waals surface area contributed by atoms with Gasteiger partial charge in [0.05, 0.1) is 6.10 Å². The van der Waals surface area contributed by atoms with Crippen LogP contribution in [0, 0.1) is 11.7 Å². The maximum absolute atomic E-state index is 12.9. The Morgan fingerprint density at radius 1 is 1.30 bits per heavy atom. The summed E-state index contributed by atoms with van der Waals surface area (Å²) >= 11 is 0. The molecule has 0 aromatic heterocycles. The number of aliphatic hydroxyl groups is 1. The Kier molecular flexibility index (Phi) is 6.61. The minimum atomic E-state index is -0.896. The van der Waals surface area contributed by atoms with Crippen molar-refractivity contribution in [2.75, 3.05) is 6.54 Å². The number of carboxylic acid groups (broad SMARTS) is 1. The van der Waals surface area contributed by atoms with Gasteiger partial charge in [0.1, 0.15) is 5.82 Å². The number of aliphatic hydroxyl groups excluding tert-OH is 1. The van der Waals surface area contributed by atoms with Gasteiger partial charge < -0.3 is 15.5 Å². The Balaban J connectivity index is 2.73. The van der Waals surface area contributed by atoms with E-state index in [0.29, 0.717) is 24.4 Å². The van der Waals surface area contributed by atoms with Crippen LogP contribution in [0.2, 0.25) is 0 Å². The molecular weight excluding hydrogens is 261 g/mol. The summed E-state index contributed by atoms with van der Waals surface area (Å²) in [6.07, 6.45) is -0.553. The van der Waals surface area contributed by atoms with E-state index in [4.69, 9.17) is 5.11 Å². The van der Waals surface area contributed by atoms with E-state index in [1.807, 2.05) is 13.8 Å². The van der Waals surface area contributed by atoms with Gasteiger partial charge in [0.2, 0.25) is 0 Å². The third kappa shape index (κ3) is 5.67. The molecule has 0 bridgehead atoms. The molecule has 0 amide bonds. The summed E-state index contributed by atoms with van der Waals surface area (Å²) in [6, 6.07) is 5.25. The van der Waals surface area contributed by atoms with Crippen molar-refractivity contribution in [3.8, 4) is 0 Å². The molecule has 2 atom stereocenters. The first-order valence-electron chi connectivity index (χ1n) is 6.79. The van der Waals surface area contributed by atoms with Gasteiger partial charge in [-0.3, -0.25) is 4.79 Å². The summed E-state index contributed by atoms with van der Waals surface area (Å²) in [5.41, 5.74) is 0.582. The molecule has 4 nitrogen and oxygen atoms in total. The summed E-state index contributed by atoms with van der Waals surface area (Å²) in [7, 11) is 0. The number of nitrogens with one attached hydrogen (secondary N) is 1. The Hall–Kier alpha value is -1.46. The van der Waals surface area contributed by atoms with Crippen LogP contribution in [0.4, 0.5) is 4.39 Å². The number of rotatable bonds is 8. The van der Waals surface area contributed by atoms with Crippen LogP contribution >= 0.6 is 0 Å². The Labute approximate surface area is 118 Å². The van der Waals surface area contributed by atoms with Gasteiger partial charge in [-0.2, -0.15) is 0 Å². The van der Waals surface area contributed by atoms with Gasteiger partial charge in [-0.25, -0.2) is 4.39 Å². The molecule has 1 rings (SSSR count). The van der Waals surface area contributed by atoms with Gasteiger partial charge in [0.15, 0.2) is 0 Å². The molecule has 0 spiro atoms. The quantitative estimate of drug-likeness (QED) is 0.685. The standard InChI is InChI=1S/C15H22FNO3/c1-10(2)9-17-13(7-8-14(18)19)15(20)11-3-5-12(16)6-4-11/h3-6,10,13,15,17,20H,7-9H2,1-2H3,(H,18,19). The summed E-state index contributed by atoms with van der Waals surface area (Å²) in [5, 5.41) is 22.3. The SMILES string of the molecule is CC(C)CNC(CCC(=O)O)C(O)c1ccc(F)cc1. The Morgan fingerprint density at radius 3 is 2.40 bits per heavy atom. The fraction of sp³-hybridized carbons (Fsp3) is 0.533. The molecule has 0 saturated heterocycles. The van der Waals surface area contributed by atoms with Crippen LogP contribution < -0.4 is 5.32 Å². The van der Waals surface area contributed by atoms with Crippen LogP contribution in [0.5, 0.6) is 0 Å². The average Bonchev–Trinajstić information content (AvgIpc) is 2.38. The summed E-state index contributed by atoms with van der Waals surface area (Å²) in [6.45, 7) is 4.75. The number of hydrogen-bond acceptors (Lipinski definition) is 3. The molecule has 112 valence electrons. The van der Waals surface area contributed by atoms with Crippen molar-refractivity contribution in [3.63, 3.8) is 0 Å². The minimum Gasteiger partial charge on any atom is -0.481 e. The van der Waals surface area contributed by atoms with E-state index in [-0.39, 0.29) is 18.3 Å². The molecule has 0 aliphatic heterocycles. The number of aliphatic carboxylic acids is 1. The Morgan fingerprint density at radius 2 is 1.90 bits per heavy atom. The first-order chi connectivity index (χ1) is 9.40. The van der Waals surface area contributed by atoms with Crippen LogP contribution in [-0.4, -0.2) is 28.8 Å². The molecule has 0 aliphatic carbocycles. The number of hydrogen-bond donors (Lipinski definition) is 3. The number of carbonyl (C=O) groups is 1. The number of carboxylic acids is 1. The summed E-state index contributed by atoms with van der Waals surface area (Å²) in [5.74, 6) is -0.867. The lowest BCUT2D eigenvalue weighted by Gasteiger charge is -2.25. The van der Waals surface area contributed by atoms with E-state index in [1.54, 1.807) is 0 Å². The smallest absolute Gasteiger partial charge is 0.303 e. The maximum Gasteiger partial charge on any atom is 0.303 e. The van der Waals surface area contributed by atoms with E-state index >= 15 is 0 Å².